The predicted octanol–water partition coefficient (Wildman–Crippen LogP) is 5.27. The summed E-state index contributed by atoms with van der Waals surface area (Å²) in [5.41, 5.74) is 4.77. The molecule has 1 N–H and O–H groups in total. The summed E-state index contributed by atoms with van der Waals surface area (Å²) in [4.78, 5) is 14.8. The highest BCUT2D eigenvalue weighted by molar-refractivity contribution is 5.92. The standard InChI is InChI=1S/C24H29NO6.2C2H6.CH4O/c1-14-16-10-11-25(3)19(18(16)22(28-5)23-20(14)29-13-30-23)21-17(15(2)24(26)31-21)9-7-6-8-12-27-4;3*1-2/h7-9,12,19,21H,6,10-11,13H2,1-5H3;2*1-2H3;2H,1H3/b9-7?,12-8+;;;. The highest BCUT2D eigenvalue weighted by Gasteiger charge is 2.45. The molecule has 1 aromatic carbocycles. The molecule has 3 aliphatic heterocycles. The summed E-state index contributed by atoms with van der Waals surface area (Å²) in [6.45, 7) is 12.9. The highest BCUT2D eigenvalue weighted by atomic mass is 16.7. The fourth-order valence-corrected chi connectivity index (χ4v) is 4.67. The summed E-state index contributed by atoms with van der Waals surface area (Å²) >= 11 is 0. The van der Waals surface area contributed by atoms with Gasteiger partial charge in [-0.3, -0.25) is 4.90 Å². The number of likely N-dealkylation sites (N-methyl/N-ethyl adjacent to an activating group) is 1. The van der Waals surface area contributed by atoms with E-state index in [-0.39, 0.29) is 18.8 Å². The third-order valence-electron chi connectivity index (χ3n) is 6.24. The molecule has 2 atom stereocenters. The first-order valence-corrected chi connectivity index (χ1v) is 12.9. The maximum Gasteiger partial charge on any atom is 0.334 e. The Kier molecular flexibility index (Phi) is 13.9. The Morgan fingerprint density at radius 1 is 1.05 bits per heavy atom. The van der Waals surface area contributed by atoms with Gasteiger partial charge in [-0.05, 0) is 50.9 Å². The quantitative estimate of drug-likeness (QED) is 0.402. The van der Waals surface area contributed by atoms with Gasteiger partial charge in [0.25, 0.3) is 0 Å². The number of allylic oxidation sites excluding steroid dienone is 2. The van der Waals surface area contributed by atoms with Crippen molar-refractivity contribution in [1.29, 1.82) is 0 Å². The molecular formula is C29H45NO7. The first kappa shape index (κ1) is 32.1. The molecule has 1 aromatic rings. The van der Waals surface area contributed by atoms with Gasteiger partial charge in [-0.1, -0.05) is 39.8 Å². The summed E-state index contributed by atoms with van der Waals surface area (Å²) in [6.07, 6.45) is 8.66. The molecule has 8 heteroatoms. The lowest BCUT2D eigenvalue weighted by atomic mass is 9.83. The second kappa shape index (κ2) is 16.0. The van der Waals surface area contributed by atoms with E-state index >= 15 is 0 Å². The number of benzene rings is 1. The molecule has 0 aliphatic carbocycles. The van der Waals surface area contributed by atoms with Crippen LogP contribution in [0.1, 0.15) is 63.8 Å². The van der Waals surface area contributed by atoms with Gasteiger partial charge in [0, 0.05) is 30.4 Å². The Morgan fingerprint density at radius 3 is 2.32 bits per heavy atom. The summed E-state index contributed by atoms with van der Waals surface area (Å²) in [6, 6.07) is -0.192. The van der Waals surface area contributed by atoms with Crippen molar-refractivity contribution >= 4 is 5.97 Å². The Balaban J connectivity index is 0.00000106. The first-order chi connectivity index (χ1) is 18.0. The van der Waals surface area contributed by atoms with Gasteiger partial charge in [0.15, 0.2) is 11.5 Å². The lowest BCUT2D eigenvalue weighted by Gasteiger charge is -2.39. The zero-order valence-electron chi connectivity index (χ0n) is 24.1. The number of esters is 1. The molecule has 8 nitrogen and oxygen atoms in total. The highest BCUT2D eigenvalue weighted by Crippen LogP contribution is 2.53. The number of fused-ring (bicyclic) bond motifs is 2. The van der Waals surface area contributed by atoms with Gasteiger partial charge in [0.2, 0.25) is 12.5 Å². The van der Waals surface area contributed by atoms with Gasteiger partial charge in [-0.25, -0.2) is 4.79 Å². The number of aliphatic hydroxyl groups is 1. The van der Waals surface area contributed by atoms with E-state index in [0.29, 0.717) is 23.5 Å². The summed E-state index contributed by atoms with van der Waals surface area (Å²) in [5, 5.41) is 7.00. The van der Waals surface area contributed by atoms with Gasteiger partial charge in [0.05, 0.1) is 26.5 Å². The second-order valence-electron chi connectivity index (χ2n) is 7.94. The van der Waals surface area contributed by atoms with E-state index in [0.717, 1.165) is 42.5 Å². The number of nitrogens with zero attached hydrogens (tertiary/aromatic N) is 1. The number of hydrogen-bond donors (Lipinski definition) is 1. The summed E-state index contributed by atoms with van der Waals surface area (Å²) in [5.74, 6) is 1.76. The zero-order chi connectivity index (χ0) is 28.1. The molecule has 2 unspecified atom stereocenters. The Hall–Kier alpha value is -2.97. The Bertz CT molecular complexity index is 981. The van der Waals surface area contributed by atoms with Crippen LogP contribution in [0.5, 0.6) is 17.2 Å². The molecule has 0 fully saturated rings. The van der Waals surface area contributed by atoms with Gasteiger partial charge >= 0.3 is 5.97 Å². The third kappa shape index (κ3) is 6.67. The molecule has 0 aromatic heterocycles. The molecule has 0 saturated carbocycles. The summed E-state index contributed by atoms with van der Waals surface area (Å²) in [7, 11) is 6.31. The van der Waals surface area contributed by atoms with Crippen LogP contribution in [0.3, 0.4) is 0 Å². The number of methoxy groups -OCH3 is 2. The monoisotopic (exact) mass is 519 g/mol. The smallest absolute Gasteiger partial charge is 0.334 e. The van der Waals surface area contributed by atoms with Crippen LogP contribution in [-0.4, -0.2) is 63.8 Å². The lowest BCUT2D eigenvalue weighted by Crippen LogP contribution is -2.40. The minimum Gasteiger partial charge on any atom is -0.505 e. The van der Waals surface area contributed by atoms with E-state index in [1.165, 1.54) is 5.56 Å². The van der Waals surface area contributed by atoms with Crippen LogP contribution in [0, 0.1) is 6.92 Å². The topological polar surface area (TPSA) is 86.7 Å². The van der Waals surface area contributed by atoms with Crippen LogP contribution >= 0.6 is 0 Å². The van der Waals surface area contributed by atoms with E-state index in [4.69, 9.17) is 28.8 Å². The van der Waals surface area contributed by atoms with E-state index < -0.39 is 6.10 Å². The van der Waals surface area contributed by atoms with Crippen molar-refractivity contribution in [3.8, 4) is 17.2 Å². The maximum absolute atomic E-state index is 12.6. The third-order valence-corrected chi connectivity index (χ3v) is 6.24. The number of carbonyl (C=O) groups is 1. The maximum atomic E-state index is 12.6. The van der Waals surface area contributed by atoms with Crippen molar-refractivity contribution in [3.05, 3.63) is 52.3 Å². The average Bonchev–Trinajstić information content (AvgIpc) is 3.53. The van der Waals surface area contributed by atoms with Crippen LogP contribution in [0.15, 0.2) is 35.6 Å². The van der Waals surface area contributed by atoms with Crippen LogP contribution in [0.4, 0.5) is 0 Å². The van der Waals surface area contributed by atoms with Crippen molar-refractivity contribution in [2.45, 2.75) is 66.5 Å². The zero-order valence-corrected chi connectivity index (χ0v) is 24.1. The molecule has 4 rings (SSSR count). The Morgan fingerprint density at radius 2 is 1.70 bits per heavy atom. The lowest BCUT2D eigenvalue weighted by molar-refractivity contribution is -0.142. The van der Waals surface area contributed by atoms with Crippen molar-refractivity contribution in [3.63, 3.8) is 0 Å². The molecule has 0 saturated heterocycles. The minimum absolute atomic E-state index is 0.177. The molecule has 0 radical (unpaired) electrons. The van der Waals surface area contributed by atoms with Crippen LogP contribution in [0.25, 0.3) is 0 Å². The number of aliphatic hydroxyl groups excluding tert-OH is 1. The molecule has 0 bridgehead atoms. The van der Waals surface area contributed by atoms with E-state index in [2.05, 4.69) is 18.9 Å². The number of hydrogen-bond acceptors (Lipinski definition) is 8. The van der Waals surface area contributed by atoms with Crippen molar-refractivity contribution in [2.24, 2.45) is 0 Å². The van der Waals surface area contributed by atoms with Gasteiger partial charge in [-0.15, -0.1) is 0 Å². The van der Waals surface area contributed by atoms with Crippen molar-refractivity contribution in [1.82, 2.24) is 4.90 Å². The normalized spacial score (nSPS) is 19.8. The number of cyclic esters (lactones) is 1. The first-order valence-electron chi connectivity index (χ1n) is 12.9. The number of carbonyl (C=O) groups excluding carboxylic acids is 1. The molecule has 3 heterocycles. The van der Waals surface area contributed by atoms with E-state index in [1.54, 1.807) is 20.5 Å². The molecule has 0 spiro atoms. The predicted molar refractivity (Wildman–Crippen MR) is 146 cm³/mol. The molecule has 0 amide bonds. The minimum atomic E-state index is -0.437. The SMILES string of the molecule is CC.CC.CO.CO/C=C/CC=CC1=C(C)C(=O)OC1C1c2c(c(C)c3c(c2OC)OCO3)CCN1C. The van der Waals surface area contributed by atoms with Crippen LogP contribution in [0.2, 0.25) is 0 Å². The van der Waals surface area contributed by atoms with E-state index in [1.807, 2.05) is 52.8 Å². The number of rotatable bonds is 6. The van der Waals surface area contributed by atoms with Gasteiger partial charge in [0.1, 0.15) is 6.10 Å². The van der Waals surface area contributed by atoms with Gasteiger partial charge in [-0.2, -0.15) is 0 Å². The molecule has 37 heavy (non-hydrogen) atoms. The van der Waals surface area contributed by atoms with E-state index in [9.17, 15) is 4.79 Å². The fourth-order valence-electron chi connectivity index (χ4n) is 4.67. The second-order valence-corrected chi connectivity index (χ2v) is 7.94. The average molecular weight is 520 g/mol. The Labute approximate surface area is 222 Å². The van der Waals surface area contributed by atoms with Gasteiger partial charge < -0.3 is 28.8 Å². The molecular weight excluding hydrogens is 474 g/mol. The molecule has 3 aliphatic rings. The molecule has 208 valence electrons. The fraction of sp³-hybridized carbons (Fsp3) is 0.552. The van der Waals surface area contributed by atoms with Crippen LogP contribution < -0.4 is 14.2 Å². The van der Waals surface area contributed by atoms with Crippen LogP contribution in [-0.2, 0) is 20.7 Å². The van der Waals surface area contributed by atoms with Crippen molar-refractivity contribution in [2.75, 3.05) is 41.7 Å². The summed E-state index contributed by atoms with van der Waals surface area (Å²) < 4.78 is 28.2. The largest absolute Gasteiger partial charge is 0.505 e. The number of ether oxygens (including phenoxy) is 5. The van der Waals surface area contributed by atoms with Crippen molar-refractivity contribution < 1.29 is 33.6 Å².